The van der Waals surface area contributed by atoms with Crippen molar-refractivity contribution < 1.29 is 18.7 Å². The Morgan fingerprint density at radius 3 is 1.44 bits per heavy atom. The fourth-order valence-electron chi connectivity index (χ4n) is 3.42. The van der Waals surface area contributed by atoms with Crippen LogP contribution >= 0.6 is 0 Å². The molecule has 4 unspecified atom stereocenters. The number of carbonyl (C=O) groups is 2. The maximum atomic E-state index is 12.4. The van der Waals surface area contributed by atoms with Gasteiger partial charge in [-0.1, -0.05) is 55.5 Å². The van der Waals surface area contributed by atoms with Crippen LogP contribution in [0.4, 0.5) is 11.4 Å². The van der Waals surface area contributed by atoms with Gasteiger partial charge < -0.3 is 31.2 Å². The third-order valence-electron chi connectivity index (χ3n) is 5.74. The van der Waals surface area contributed by atoms with E-state index in [1.807, 2.05) is 67.6 Å². The van der Waals surface area contributed by atoms with Gasteiger partial charge in [0.05, 0.1) is 12.1 Å². The highest BCUT2D eigenvalue weighted by molar-refractivity contribution is 7.91. The van der Waals surface area contributed by atoms with Gasteiger partial charge in [0.15, 0.2) is 19.6 Å². The Kier molecular flexibility index (Phi) is 12.4. The maximum Gasteiger partial charge on any atom is 0.241 e. The SMILES string of the molecule is CC(N)C(=O)Nc1cccc([S+]([O-])c2ccccc2)c1.CCC(N)C(=O)Nc1cccc([S+]([O-])c2ccccc2)c1. The first-order chi connectivity index (χ1) is 19.7. The Bertz CT molecular complexity index is 1410. The van der Waals surface area contributed by atoms with Crippen molar-refractivity contribution >= 4 is 45.5 Å². The van der Waals surface area contributed by atoms with Gasteiger partial charge in [0.1, 0.15) is 0 Å². The van der Waals surface area contributed by atoms with Crippen LogP contribution in [0, 0.1) is 0 Å². The van der Waals surface area contributed by atoms with Crippen molar-refractivity contribution in [3.63, 3.8) is 0 Å². The van der Waals surface area contributed by atoms with E-state index < -0.39 is 34.4 Å². The quantitative estimate of drug-likeness (QED) is 0.208. The molecule has 2 amide bonds. The molecule has 0 saturated heterocycles. The van der Waals surface area contributed by atoms with Crippen LogP contribution in [0.15, 0.2) is 129 Å². The van der Waals surface area contributed by atoms with Crippen LogP contribution in [0.3, 0.4) is 0 Å². The van der Waals surface area contributed by atoms with E-state index in [0.29, 0.717) is 27.6 Å². The Labute approximate surface area is 246 Å². The van der Waals surface area contributed by atoms with Crippen LogP contribution in [0.5, 0.6) is 0 Å². The van der Waals surface area contributed by atoms with Gasteiger partial charge in [-0.15, -0.1) is 0 Å². The van der Waals surface area contributed by atoms with E-state index in [4.69, 9.17) is 11.5 Å². The molecule has 4 atom stereocenters. The standard InChI is InChI=1S/C16H18N2O2S.C15H16N2O2S/c1-2-15(17)16(19)18-12-7-6-10-14(11-12)21(20)13-8-4-3-5-9-13;1-11(16)15(18)17-12-6-5-9-14(10-12)20(19)13-7-3-2-4-8-13/h3-11,15H,2,17H2,1H3,(H,18,19);2-11H,16H2,1H3,(H,17,18). The zero-order valence-electron chi connectivity index (χ0n) is 22.9. The zero-order valence-corrected chi connectivity index (χ0v) is 24.5. The number of amides is 2. The summed E-state index contributed by atoms with van der Waals surface area (Å²) in [6.45, 7) is 3.46. The summed E-state index contributed by atoms with van der Waals surface area (Å²) in [6.07, 6.45) is 0.571. The van der Waals surface area contributed by atoms with Gasteiger partial charge >= 0.3 is 0 Å². The minimum Gasteiger partial charge on any atom is -0.606 e. The second-order valence-electron chi connectivity index (χ2n) is 9.00. The fraction of sp³-hybridized carbons (Fsp3) is 0.161. The van der Waals surface area contributed by atoms with Gasteiger partial charge in [-0.3, -0.25) is 9.59 Å². The third kappa shape index (κ3) is 9.75. The summed E-state index contributed by atoms with van der Waals surface area (Å²) >= 11 is -2.53. The lowest BCUT2D eigenvalue weighted by Crippen LogP contribution is -2.34. The Morgan fingerprint density at radius 2 is 1.05 bits per heavy atom. The average Bonchev–Trinajstić information content (AvgIpc) is 3.01. The summed E-state index contributed by atoms with van der Waals surface area (Å²) in [7, 11) is 0. The first-order valence-corrected chi connectivity index (χ1v) is 15.3. The highest BCUT2D eigenvalue weighted by Crippen LogP contribution is 2.24. The molecule has 6 N–H and O–H groups in total. The fourth-order valence-corrected chi connectivity index (χ4v) is 5.64. The van der Waals surface area contributed by atoms with Gasteiger partial charge in [0, 0.05) is 45.9 Å². The summed E-state index contributed by atoms with van der Waals surface area (Å²) in [4.78, 5) is 26.1. The normalized spacial score (nSPS) is 13.5. The number of nitrogens with two attached hydrogens (primary N) is 2. The molecule has 0 radical (unpaired) electrons. The summed E-state index contributed by atoms with van der Waals surface area (Å²) in [5, 5.41) is 5.43. The third-order valence-corrected chi connectivity index (χ3v) is 8.50. The Hall–Kier alpha value is -3.64. The molecule has 4 rings (SSSR count). The number of nitrogens with one attached hydrogen (secondary N) is 2. The van der Waals surface area contributed by atoms with Gasteiger partial charge in [0.25, 0.3) is 0 Å². The number of hydrogen-bond acceptors (Lipinski definition) is 6. The van der Waals surface area contributed by atoms with Crippen molar-refractivity contribution in [3.05, 3.63) is 109 Å². The molecule has 41 heavy (non-hydrogen) atoms. The molecular formula is C31H34N4O4S2. The predicted octanol–water partition coefficient (Wildman–Crippen LogP) is 4.67. The lowest BCUT2D eigenvalue weighted by atomic mass is 10.2. The summed E-state index contributed by atoms with van der Waals surface area (Å²) in [5.74, 6) is -0.507. The van der Waals surface area contributed by atoms with Crippen LogP contribution < -0.4 is 22.1 Å². The van der Waals surface area contributed by atoms with Crippen molar-refractivity contribution in [1.82, 2.24) is 0 Å². The van der Waals surface area contributed by atoms with E-state index in [-0.39, 0.29) is 11.8 Å². The minimum atomic E-state index is -1.27. The lowest BCUT2D eigenvalue weighted by molar-refractivity contribution is -0.118. The molecule has 0 aliphatic heterocycles. The second kappa shape index (κ2) is 16.0. The molecule has 214 valence electrons. The average molecular weight is 591 g/mol. The van der Waals surface area contributed by atoms with Gasteiger partial charge in [-0.05, 0) is 61.9 Å². The predicted molar refractivity (Wildman–Crippen MR) is 164 cm³/mol. The first kappa shape index (κ1) is 31.9. The molecule has 4 aromatic carbocycles. The summed E-state index contributed by atoms with van der Waals surface area (Å²) < 4.78 is 24.8. The topological polar surface area (TPSA) is 156 Å². The maximum absolute atomic E-state index is 12.4. The van der Waals surface area contributed by atoms with E-state index in [0.717, 1.165) is 9.79 Å². The van der Waals surface area contributed by atoms with Crippen LogP contribution in [-0.2, 0) is 31.9 Å². The molecule has 0 fully saturated rings. The van der Waals surface area contributed by atoms with E-state index in [2.05, 4.69) is 10.6 Å². The van der Waals surface area contributed by atoms with E-state index in [1.165, 1.54) is 0 Å². The molecule has 0 spiro atoms. The number of rotatable bonds is 9. The molecule has 0 aromatic heterocycles. The molecular weight excluding hydrogens is 556 g/mol. The van der Waals surface area contributed by atoms with Gasteiger partial charge in [-0.2, -0.15) is 0 Å². The van der Waals surface area contributed by atoms with E-state index in [9.17, 15) is 18.7 Å². The molecule has 4 aromatic rings. The molecule has 10 heteroatoms. The van der Waals surface area contributed by atoms with Crippen molar-refractivity contribution in [3.8, 4) is 0 Å². The van der Waals surface area contributed by atoms with Crippen molar-refractivity contribution in [2.75, 3.05) is 10.6 Å². The van der Waals surface area contributed by atoms with Crippen LogP contribution in [0.2, 0.25) is 0 Å². The smallest absolute Gasteiger partial charge is 0.241 e. The van der Waals surface area contributed by atoms with Crippen LogP contribution in [0.1, 0.15) is 20.3 Å². The molecule has 8 nitrogen and oxygen atoms in total. The Morgan fingerprint density at radius 1 is 0.659 bits per heavy atom. The largest absolute Gasteiger partial charge is 0.606 e. The number of benzene rings is 4. The molecule has 0 heterocycles. The zero-order chi connectivity index (χ0) is 29.8. The first-order valence-electron chi connectivity index (χ1n) is 13.0. The van der Waals surface area contributed by atoms with E-state index in [1.54, 1.807) is 55.5 Å². The van der Waals surface area contributed by atoms with Crippen molar-refractivity contribution in [1.29, 1.82) is 0 Å². The lowest BCUT2D eigenvalue weighted by Gasteiger charge is -2.13. The molecule has 0 saturated carbocycles. The summed E-state index contributed by atoms with van der Waals surface area (Å²) in [6, 6.07) is 31.2. The second-order valence-corrected chi connectivity index (χ2v) is 12.0. The molecule has 0 bridgehead atoms. The highest BCUT2D eigenvalue weighted by Gasteiger charge is 2.17. The van der Waals surface area contributed by atoms with Crippen molar-refractivity contribution in [2.24, 2.45) is 11.5 Å². The molecule has 0 aliphatic carbocycles. The van der Waals surface area contributed by atoms with Crippen molar-refractivity contribution in [2.45, 2.75) is 51.9 Å². The number of hydrogen-bond donors (Lipinski definition) is 4. The van der Waals surface area contributed by atoms with Gasteiger partial charge in [-0.25, -0.2) is 0 Å². The van der Waals surface area contributed by atoms with E-state index >= 15 is 0 Å². The van der Waals surface area contributed by atoms with Crippen LogP contribution in [-0.4, -0.2) is 33.0 Å². The molecule has 0 aliphatic rings. The van der Waals surface area contributed by atoms with Gasteiger partial charge in [0.2, 0.25) is 11.8 Å². The Balaban J connectivity index is 0.000000226. The van der Waals surface area contributed by atoms with Crippen LogP contribution in [0.25, 0.3) is 0 Å². The highest BCUT2D eigenvalue weighted by atomic mass is 32.2. The minimum absolute atomic E-state index is 0.236. The number of carbonyl (C=O) groups excluding carboxylic acids is 2. The monoisotopic (exact) mass is 590 g/mol. The summed E-state index contributed by atoms with van der Waals surface area (Å²) in [5.41, 5.74) is 12.4. The number of anilines is 2.